The van der Waals surface area contributed by atoms with Crippen molar-refractivity contribution in [3.63, 3.8) is 0 Å². The minimum absolute atomic E-state index is 0.220. The molecule has 0 amide bonds. The molecule has 0 spiro atoms. The lowest BCUT2D eigenvalue weighted by atomic mass is 10.1. The fourth-order valence-corrected chi connectivity index (χ4v) is 4.77. The van der Waals surface area contributed by atoms with Crippen LogP contribution >= 0.6 is 34.3 Å². The topological polar surface area (TPSA) is 67.5 Å². The van der Waals surface area contributed by atoms with Gasteiger partial charge < -0.3 is 5.11 Å². The Morgan fingerprint density at radius 3 is 2.93 bits per heavy atom. The third-order valence-electron chi connectivity index (χ3n) is 4.04. The van der Waals surface area contributed by atoms with Crippen LogP contribution in [0.1, 0.15) is 20.9 Å². The predicted octanol–water partition coefficient (Wildman–Crippen LogP) is 4.78. The van der Waals surface area contributed by atoms with Crippen molar-refractivity contribution >= 4 is 45.3 Å². The summed E-state index contributed by atoms with van der Waals surface area (Å²) in [6.07, 6.45) is 5.77. The first-order valence-corrected chi connectivity index (χ1v) is 10.0. The number of hydrogen-bond donors (Lipinski definition) is 1. The van der Waals surface area contributed by atoms with Gasteiger partial charge in [0.25, 0.3) is 0 Å². The predicted molar refractivity (Wildman–Crippen MR) is 111 cm³/mol. The molecule has 0 bridgehead atoms. The largest absolute Gasteiger partial charge is 0.501 e. The standard InChI is InChI=1S/C19H14ClN3O2S2/c1-3-12-5-4-11(7-14(12)20)6-13-8-21-17(27-13)15-16(24)18(25)23-9-10(2)26-19(23)22-15/h3-5,7-9,24H,1,6H2,2H3. The summed E-state index contributed by atoms with van der Waals surface area (Å²) in [7, 11) is 0. The number of aromatic nitrogens is 3. The van der Waals surface area contributed by atoms with E-state index in [9.17, 15) is 9.90 Å². The first-order chi connectivity index (χ1) is 13.0. The Bertz CT molecular complexity index is 1240. The van der Waals surface area contributed by atoms with E-state index in [2.05, 4.69) is 16.5 Å². The number of nitrogens with zero attached hydrogens (tertiary/aromatic N) is 3. The average Bonchev–Trinajstić information content (AvgIpc) is 3.24. The molecule has 0 saturated carbocycles. The van der Waals surface area contributed by atoms with E-state index in [4.69, 9.17) is 11.6 Å². The van der Waals surface area contributed by atoms with Crippen molar-refractivity contribution in [1.82, 2.24) is 14.4 Å². The van der Waals surface area contributed by atoms with E-state index in [-0.39, 0.29) is 11.4 Å². The van der Waals surface area contributed by atoms with Gasteiger partial charge in [-0.05, 0) is 24.1 Å². The third-order valence-corrected chi connectivity index (χ3v) is 6.27. The summed E-state index contributed by atoms with van der Waals surface area (Å²) in [5, 5.41) is 11.5. The van der Waals surface area contributed by atoms with Gasteiger partial charge in [0.15, 0.2) is 4.96 Å². The summed E-state index contributed by atoms with van der Waals surface area (Å²) in [5.74, 6) is -0.385. The molecule has 0 radical (unpaired) electrons. The van der Waals surface area contributed by atoms with Crippen molar-refractivity contribution in [2.45, 2.75) is 13.3 Å². The molecule has 4 rings (SSSR count). The van der Waals surface area contributed by atoms with Crippen molar-refractivity contribution in [3.05, 3.63) is 73.4 Å². The van der Waals surface area contributed by atoms with Crippen molar-refractivity contribution < 1.29 is 5.11 Å². The van der Waals surface area contributed by atoms with Crippen LogP contribution in [0.25, 0.3) is 21.7 Å². The molecule has 4 aromatic rings. The molecule has 5 nitrogen and oxygen atoms in total. The lowest BCUT2D eigenvalue weighted by Gasteiger charge is -2.03. The van der Waals surface area contributed by atoms with E-state index < -0.39 is 5.56 Å². The molecule has 0 atom stereocenters. The zero-order valence-corrected chi connectivity index (χ0v) is 16.7. The molecule has 0 unspecified atom stereocenters. The van der Waals surface area contributed by atoms with Crippen LogP contribution < -0.4 is 5.56 Å². The minimum Gasteiger partial charge on any atom is -0.501 e. The van der Waals surface area contributed by atoms with Crippen LogP contribution in [-0.2, 0) is 6.42 Å². The first kappa shape index (κ1) is 17.9. The molecule has 3 aromatic heterocycles. The molecule has 8 heteroatoms. The number of aryl methyl sites for hydroxylation is 1. The maximum Gasteiger partial charge on any atom is 0.301 e. The molecule has 1 aromatic carbocycles. The van der Waals surface area contributed by atoms with Gasteiger partial charge in [0.1, 0.15) is 10.7 Å². The van der Waals surface area contributed by atoms with Gasteiger partial charge in [-0.15, -0.1) is 22.7 Å². The quantitative estimate of drug-likeness (QED) is 0.520. The highest BCUT2D eigenvalue weighted by molar-refractivity contribution is 7.17. The Hall–Kier alpha value is -2.48. The Morgan fingerprint density at radius 1 is 1.37 bits per heavy atom. The second-order valence-corrected chi connectivity index (χ2v) is 8.71. The van der Waals surface area contributed by atoms with E-state index in [1.54, 1.807) is 18.5 Å². The Balaban J connectivity index is 1.69. The summed E-state index contributed by atoms with van der Waals surface area (Å²) < 4.78 is 1.36. The minimum atomic E-state index is -0.483. The highest BCUT2D eigenvalue weighted by Crippen LogP contribution is 2.31. The Morgan fingerprint density at radius 2 is 2.19 bits per heavy atom. The number of rotatable bonds is 4. The van der Waals surface area contributed by atoms with Gasteiger partial charge >= 0.3 is 5.56 Å². The molecule has 0 aliphatic rings. The molecule has 0 saturated heterocycles. The van der Waals surface area contributed by atoms with Crippen molar-refractivity contribution in [2.75, 3.05) is 0 Å². The summed E-state index contributed by atoms with van der Waals surface area (Å²) >= 11 is 9.02. The van der Waals surface area contributed by atoms with Gasteiger partial charge in [0.2, 0.25) is 5.75 Å². The van der Waals surface area contributed by atoms with Gasteiger partial charge in [-0.3, -0.25) is 9.20 Å². The number of aromatic hydroxyl groups is 1. The summed E-state index contributed by atoms with van der Waals surface area (Å²) in [6.45, 7) is 5.62. The number of benzene rings is 1. The fourth-order valence-electron chi connectivity index (χ4n) is 2.74. The molecule has 1 N–H and O–H groups in total. The van der Waals surface area contributed by atoms with Crippen molar-refractivity contribution in [2.24, 2.45) is 0 Å². The van der Waals surface area contributed by atoms with Gasteiger partial charge in [-0.25, -0.2) is 9.97 Å². The summed E-state index contributed by atoms with van der Waals surface area (Å²) in [5.41, 5.74) is 1.67. The first-order valence-electron chi connectivity index (χ1n) is 8.04. The number of halogens is 1. The van der Waals surface area contributed by atoms with E-state index >= 15 is 0 Å². The van der Waals surface area contributed by atoms with Gasteiger partial charge in [0.05, 0.1) is 0 Å². The second kappa shape index (κ2) is 6.92. The van der Waals surface area contributed by atoms with Gasteiger partial charge in [-0.2, -0.15) is 0 Å². The highest BCUT2D eigenvalue weighted by atomic mass is 35.5. The van der Waals surface area contributed by atoms with E-state index in [0.29, 0.717) is 21.4 Å². The maximum absolute atomic E-state index is 12.4. The van der Waals surface area contributed by atoms with Crippen LogP contribution in [0.4, 0.5) is 0 Å². The monoisotopic (exact) mass is 415 g/mol. The lowest BCUT2D eigenvalue weighted by molar-refractivity contribution is 0.465. The highest BCUT2D eigenvalue weighted by Gasteiger charge is 2.18. The SMILES string of the molecule is C=Cc1ccc(Cc2cnc(-c3nc4sc(C)cn4c(=O)c3O)s2)cc1Cl. The van der Waals surface area contributed by atoms with Crippen molar-refractivity contribution in [3.8, 4) is 16.5 Å². The smallest absolute Gasteiger partial charge is 0.301 e. The van der Waals surface area contributed by atoms with Crippen LogP contribution in [0, 0.1) is 6.92 Å². The van der Waals surface area contributed by atoms with E-state index in [1.807, 2.05) is 25.1 Å². The fraction of sp³-hybridized carbons (Fsp3) is 0.105. The zero-order valence-electron chi connectivity index (χ0n) is 14.3. The molecule has 27 heavy (non-hydrogen) atoms. The normalized spacial score (nSPS) is 11.2. The van der Waals surface area contributed by atoms with Crippen molar-refractivity contribution in [1.29, 1.82) is 0 Å². The maximum atomic E-state index is 12.4. The number of fused-ring (bicyclic) bond motifs is 1. The molecule has 0 aliphatic heterocycles. The van der Waals surface area contributed by atoms with Crippen LogP contribution in [0.15, 0.2) is 42.0 Å². The average molecular weight is 416 g/mol. The Labute approximate surface area is 167 Å². The number of thiazole rings is 2. The Kier molecular flexibility index (Phi) is 4.59. The third kappa shape index (κ3) is 3.29. The number of hydrogen-bond acceptors (Lipinski definition) is 6. The van der Waals surface area contributed by atoms with E-state index in [1.165, 1.54) is 27.1 Å². The molecular weight excluding hydrogens is 402 g/mol. The van der Waals surface area contributed by atoms with Gasteiger partial charge in [-0.1, -0.05) is 36.4 Å². The van der Waals surface area contributed by atoms with Crippen LogP contribution in [0.2, 0.25) is 5.02 Å². The van der Waals surface area contributed by atoms with E-state index in [0.717, 1.165) is 20.9 Å². The van der Waals surface area contributed by atoms with Gasteiger partial charge in [0, 0.05) is 33.6 Å². The molecule has 0 fully saturated rings. The molecule has 3 heterocycles. The lowest BCUT2D eigenvalue weighted by Crippen LogP contribution is -2.13. The summed E-state index contributed by atoms with van der Waals surface area (Å²) in [4.78, 5) is 23.6. The van der Waals surface area contributed by atoms with Crippen LogP contribution in [0.5, 0.6) is 5.75 Å². The molecule has 0 aliphatic carbocycles. The van der Waals surface area contributed by atoms with Crippen LogP contribution in [-0.4, -0.2) is 19.5 Å². The molecular formula is C19H14ClN3O2S2. The molecule has 136 valence electrons. The zero-order chi connectivity index (χ0) is 19.1. The second-order valence-electron chi connectivity index (χ2n) is 5.98. The summed E-state index contributed by atoms with van der Waals surface area (Å²) in [6, 6.07) is 5.82. The van der Waals surface area contributed by atoms with Crippen LogP contribution in [0.3, 0.4) is 0 Å².